The van der Waals surface area contributed by atoms with Crippen LogP contribution in [0.4, 0.5) is 8.78 Å². The van der Waals surface area contributed by atoms with Crippen molar-refractivity contribution in [3.05, 3.63) is 63.1 Å². The van der Waals surface area contributed by atoms with Crippen LogP contribution >= 0.6 is 27.5 Å². The smallest absolute Gasteiger partial charge is 0.138 e. The van der Waals surface area contributed by atoms with E-state index in [1.165, 1.54) is 30.3 Å². The molecule has 2 aromatic carbocycles. The largest absolute Gasteiger partial charge is 0.487 e. The van der Waals surface area contributed by atoms with E-state index in [4.69, 9.17) is 16.3 Å². The average molecular weight is 334 g/mol. The molecule has 0 aliphatic carbocycles. The Morgan fingerprint density at radius 1 is 1.06 bits per heavy atom. The highest BCUT2D eigenvalue weighted by Crippen LogP contribution is 2.27. The van der Waals surface area contributed by atoms with E-state index in [1.807, 2.05) is 0 Å². The normalized spacial score (nSPS) is 10.4. The molecule has 0 spiro atoms. The molecule has 1 nitrogen and oxygen atoms in total. The maximum absolute atomic E-state index is 12.9. The molecule has 5 heteroatoms. The number of halogens is 4. The van der Waals surface area contributed by atoms with Gasteiger partial charge in [0.2, 0.25) is 0 Å². The Morgan fingerprint density at radius 2 is 1.72 bits per heavy atom. The first-order valence-electron chi connectivity index (χ1n) is 5.08. The highest BCUT2D eigenvalue weighted by Gasteiger charge is 2.06. The Labute approximate surface area is 116 Å². The molecule has 0 atom stereocenters. The van der Waals surface area contributed by atoms with Crippen LogP contribution in [0.1, 0.15) is 5.56 Å². The fraction of sp³-hybridized carbons (Fsp3) is 0.0769. The zero-order valence-electron chi connectivity index (χ0n) is 9.09. The van der Waals surface area contributed by atoms with Gasteiger partial charge in [0.05, 0.1) is 5.02 Å². The minimum absolute atomic E-state index is 0.202. The van der Waals surface area contributed by atoms with Gasteiger partial charge in [-0.2, -0.15) is 0 Å². The number of benzene rings is 2. The third-order valence-corrected chi connectivity index (χ3v) is 3.33. The zero-order valence-corrected chi connectivity index (χ0v) is 11.4. The molecular weight excluding hydrogens is 325 g/mol. The maximum atomic E-state index is 12.9. The average Bonchev–Trinajstić information content (AvgIpc) is 2.30. The number of ether oxygens (including phenoxy) is 1. The summed E-state index contributed by atoms with van der Waals surface area (Å²) in [6.45, 7) is 0.214. The van der Waals surface area contributed by atoms with E-state index in [0.29, 0.717) is 10.2 Å². The van der Waals surface area contributed by atoms with Crippen molar-refractivity contribution in [3.8, 4) is 5.75 Å². The van der Waals surface area contributed by atoms with Gasteiger partial charge in [-0.15, -0.1) is 0 Å². The summed E-state index contributed by atoms with van der Waals surface area (Å²) in [5.41, 5.74) is 0.775. The lowest BCUT2D eigenvalue weighted by Crippen LogP contribution is -1.97. The highest BCUT2D eigenvalue weighted by molar-refractivity contribution is 9.10. The van der Waals surface area contributed by atoms with E-state index in [0.717, 1.165) is 5.56 Å². The first kappa shape index (κ1) is 13.3. The van der Waals surface area contributed by atoms with Crippen molar-refractivity contribution in [3.63, 3.8) is 0 Å². The van der Waals surface area contributed by atoms with Crippen LogP contribution in [-0.2, 0) is 6.61 Å². The van der Waals surface area contributed by atoms with Gasteiger partial charge in [0, 0.05) is 10.0 Å². The van der Waals surface area contributed by atoms with Gasteiger partial charge in [-0.3, -0.25) is 0 Å². The van der Waals surface area contributed by atoms with E-state index in [9.17, 15) is 8.78 Å². The van der Waals surface area contributed by atoms with Gasteiger partial charge in [-0.05, 0) is 30.3 Å². The fourth-order valence-electron chi connectivity index (χ4n) is 1.39. The molecule has 94 valence electrons. The Morgan fingerprint density at radius 3 is 2.39 bits per heavy atom. The van der Waals surface area contributed by atoms with Crippen molar-refractivity contribution < 1.29 is 13.5 Å². The molecule has 0 aliphatic heterocycles. The lowest BCUT2D eigenvalue weighted by Gasteiger charge is -2.09. The van der Waals surface area contributed by atoms with Gasteiger partial charge >= 0.3 is 0 Å². The van der Waals surface area contributed by atoms with Crippen molar-refractivity contribution in [2.45, 2.75) is 6.61 Å². The molecule has 0 aliphatic rings. The predicted octanol–water partition coefficient (Wildman–Crippen LogP) is 4.96. The highest BCUT2D eigenvalue weighted by atomic mass is 79.9. The quantitative estimate of drug-likeness (QED) is 0.771. The van der Waals surface area contributed by atoms with Crippen LogP contribution in [0.25, 0.3) is 0 Å². The number of rotatable bonds is 3. The maximum Gasteiger partial charge on any atom is 0.138 e. The second kappa shape index (κ2) is 5.67. The van der Waals surface area contributed by atoms with E-state index < -0.39 is 5.82 Å². The third-order valence-electron chi connectivity index (χ3n) is 2.29. The van der Waals surface area contributed by atoms with Gasteiger partial charge in [0.25, 0.3) is 0 Å². The van der Waals surface area contributed by atoms with Crippen LogP contribution in [0.15, 0.2) is 40.9 Å². The van der Waals surface area contributed by atoms with Crippen molar-refractivity contribution in [2.24, 2.45) is 0 Å². The molecule has 2 aromatic rings. The SMILES string of the molecule is Fc1ccc(OCc2ccc(F)cc2Br)c(Cl)c1. The molecule has 0 unspecified atom stereocenters. The molecule has 0 amide bonds. The summed E-state index contributed by atoms with van der Waals surface area (Å²) in [6, 6.07) is 8.20. The summed E-state index contributed by atoms with van der Waals surface area (Å²) < 4.78 is 31.8. The lowest BCUT2D eigenvalue weighted by atomic mass is 10.2. The Balaban J connectivity index is 2.11. The minimum atomic E-state index is -0.421. The van der Waals surface area contributed by atoms with Crippen molar-refractivity contribution in [2.75, 3.05) is 0 Å². The van der Waals surface area contributed by atoms with E-state index in [2.05, 4.69) is 15.9 Å². The van der Waals surface area contributed by atoms with Gasteiger partial charge in [0.15, 0.2) is 0 Å². The second-order valence-corrected chi connectivity index (χ2v) is 4.86. The lowest BCUT2D eigenvalue weighted by molar-refractivity contribution is 0.305. The standard InChI is InChI=1S/C13H8BrClF2O/c14-11-5-9(16)2-1-8(11)7-18-13-4-3-10(17)6-12(13)15/h1-6H,7H2. The van der Waals surface area contributed by atoms with Crippen LogP contribution < -0.4 is 4.74 Å². The summed E-state index contributed by atoms with van der Waals surface area (Å²) in [4.78, 5) is 0. The number of hydrogen-bond acceptors (Lipinski definition) is 1. The molecule has 0 saturated heterocycles. The molecule has 0 radical (unpaired) electrons. The van der Waals surface area contributed by atoms with Crippen LogP contribution in [-0.4, -0.2) is 0 Å². The Hall–Kier alpha value is -1.13. The molecule has 0 bridgehead atoms. The molecule has 0 saturated carbocycles. The predicted molar refractivity (Wildman–Crippen MR) is 69.8 cm³/mol. The number of hydrogen-bond donors (Lipinski definition) is 0. The van der Waals surface area contributed by atoms with Crippen molar-refractivity contribution >= 4 is 27.5 Å². The summed E-state index contributed by atoms with van der Waals surface area (Å²) in [5, 5.41) is 0.202. The van der Waals surface area contributed by atoms with Crippen molar-refractivity contribution in [1.29, 1.82) is 0 Å². The molecule has 0 N–H and O–H groups in total. The zero-order chi connectivity index (χ0) is 13.1. The van der Waals surface area contributed by atoms with Gasteiger partial charge in [0.1, 0.15) is 24.0 Å². The van der Waals surface area contributed by atoms with Gasteiger partial charge in [-0.1, -0.05) is 33.6 Å². The fourth-order valence-corrected chi connectivity index (χ4v) is 2.07. The topological polar surface area (TPSA) is 9.23 Å². The minimum Gasteiger partial charge on any atom is -0.487 e. The van der Waals surface area contributed by atoms with Crippen LogP contribution in [0, 0.1) is 11.6 Å². The summed E-state index contributed by atoms with van der Waals surface area (Å²) >= 11 is 9.06. The summed E-state index contributed by atoms with van der Waals surface area (Å²) in [6.07, 6.45) is 0. The van der Waals surface area contributed by atoms with Gasteiger partial charge in [-0.25, -0.2) is 8.78 Å². The third kappa shape index (κ3) is 3.21. The van der Waals surface area contributed by atoms with Crippen LogP contribution in [0.2, 0.25) is 5.02 Å². The molecule has 2 rings (SSSR count). The van der Waals surface area contributed by atoms with Crippen molar-refractivity contribution in [1.82, 2.24) is 0 Å². The molecule has 18 heavy (non-hydrogen) atoms. The molecule has 0 fully saturated rings. The van der Waals surface area contributed by atoms with Crippen LogP contribution in [0.5, 0.6) is 5.75 Å². The molecular formula is C13H8BrClF2O. The molecule has 0 heterocycles. The Kier molecular flexibility index (Phi) is 4.19. The first-order chi connectivity index (χ1) is 8.56. The molecule has 0 aromatic heterocycles. The second-order valence-electron chi connectivity index (χ2n) is 3.60. The summed E-state index contributed by atoms with van der Waals surface area (Å²) in [5.74, 6) is -0.366. The van der Waals surface area contributed by atoms with E-state index >= 15 is 0 Å². The first-order valence-corrected chi connectivity index (χ1v) is 6.25. The van der Waals surface area contributed by atoms with E-state index in [-0.39, 0.29) is 17.4 Å². The monoisotopic (exact) mass is 332 g/mol. The van der Waals surface area contributed by atoms with E-state index in [1.54, 1.807) is 6.07 Å². The van der Waals surface area contributed by atoms with Gasteiger partial charge < -0.3 is 4.74 Å². The van der Waals surface area contributed by atoms with Crippen LogP contribution in [0.3, 0.4) is 0 Å². The summed E-state index contributed by atoms with van der Waals surface area (Å²) in [7, 11) is 0. The Bertz CT molecular complexity index is 523.